The van der Waals surface area contributed by atoms with Crippen LogP contribution in [0.4, 0.5) is 0 Å². The molecule has 0 atom stereocenters. The highest BCUT2D eigenvalue weighted by molar-refractivity contribution is 5.79. The van der Waals surface area contributed by atoms with E-state index in [1.807, 2.05) is 4.90 Å². The summed E-state index contributed by atoms with van der Waals surface area (Å²) in [6.45, 7) is 5.73. The first-order valence-electron chi connectivity index (χ1n) is 10.5. The van der Waals surface area contributed by atoms with Gasteiger partial charge in [-0.25, -0.2) is 0 Å². The third-order valence-corrected chi connectivity index (χ3v) is 5.57. The molecule has 0 unspecified atom stereocenters. The number of esters is 1. The number of methoxy groups -OCH3 is 1. The van der Waals surface area contributed by atoms with Gasteiger partial charge in [0.25, 0.3) is 0 Å². The molecule has 4 heteroatoms. The van der Waals surface area contributed by atoms with Crippen LogP contribution >= 0.6 is 0 Å². The Bertz CT molecular complexity index is 375. The summed E-state index contributed by atoms with van der Waals surface area (Å²) >= 11 is 0. The van der Waals surface area contributed by atoms with Crippen LogP contribution in [0.5, 0.6) is 0 Å². The van der Waals surface area contributed by atoms with Gasteiger partial charge >= 0.3 is 5.97 Å². The Kier molecular flexibility index (Phi) is 11.6. The zero-order valence-electron chi connectivity index (χ0n) is 16.7. The van der Waals surface area contributed by atoms with E-state index in [1.54, 1.807) is 0 Å². The van der Waals surface area contributed by atoms with Gasteiger partial charge in [0.2, 0.25) is 5.91 Å². The van der Waals surface area contributed by atoms with E-state index in [0.717, 1.165) is 38.1 Å². The van der Waals surface area contributed by atoms with E-state index in [2.05, 4.69) is 13.8 Å². The number of carbonyl (C=O) groups is 2. The average molecular weight is 354 g/mol. The second-order valence-corrected chi connectivity index (χ2v) is 7.57. The van der Waals surface area contributed by atoms with Gasteiger partial charge in [-0.2, -0.15) is 0 Å². The van der Waals surface area contributed by atoms with Gasteiger partial charge in [0.05, 0.1) is 13.5 Å². The molecule has 0 aromatic rings. The lowest BCUT2D eigenvalue weighted by molar-refractivity contribution is -0.142. The second kappa shape index (κ2) is 13.2. The second-order valence-electron chi connectivity index (χ2n) is 7.57. The third kappa shape index (κ3) is 8.73. The lowest BCUT2D eigenvalue weighted by Gasteiger charge is -2.32. The summed E-state index contributed by atoms with van der Waals surface area (Å²) in [4.78, 5) is 26.4. The lowest BCUT2D eigenvalue weighted by atomic mass is 9.79. The molecule has 0 radical (unpaired) electrons. The molecule has 1 aliphatic rings. The molecule has 146 valence electrons. The maximum atomic E-state index is 13.0. The van der Waals surface area contributed by atoms with Crippen molar-refractivity contribution in [3.63, 3.8) is 0 Å². The average Bonchev–Trinajstić information content (AvgIpc) is 2.65. The standard InChI is InChI=1S/C21H39NO3/c1-4-6-8-9-16-22(17-15-20(23)25-3)21(24)19-13-11-18(12-14-19)10-7-5-2/h18-19H,4-17H2,1-3H3. The summed E-state index contributed by atoms with van der Waals surface area (Å²) in [7, 11) is 1.41. The number of unbranched alkanes of at least 4 members (excludes halogenated alkanes) is 4. The van der Waals surface area contributed by atoms with E-state index in [0.29, 0.717) is 13.0 Å². The summed E-state index contributed by atoms with van der Waals surface area (Å²) in [5.41, 5.74) is 0. The number of hydrogen-bond acceptors (Lipinski definition) is 3. The number of nitrogens with zero attached hydrogens (tertiary/aromatic N) is 1. The van der Waals surface area contributed by atoms with Gasteiger partial charge < -0.3 is 9.64 Å². The monoisotopic (exact) mass is 353 g/mol. The van der Waals surface area contributed by atoms with Crippen LogP contribution in [0.3, 0.4) is 0 Å². The van der Waals surface area contributed by atoms with Crippen LogP contribution in [-0.4, -0.2) is 37.0 Å². The number of ether oxygens (including phenoxy) is 1. The molecule has 0 saturated heterocycles. The highest BCUT2D eigenvalue weighted by Gasteiger charge is 2.29. The quantitative estimate of drug-likeness (QED) is 0.368. The van der Waals surface area contributed by atoms with E-state index in [4.69, 9.17) is 4.74 Å². The Balaban J connectivity index is 2.48. The van der Waals surface area contributed by atoms with Gasteiger partial charge in [-0.3, -0.25) is 9.59 Å². The van der Waals surface area contributed by atoms with E-state index in [-0.39, 0.29) is 17.8 Å². The van der Waals surface area contributed by atoms with Crippen molar-refractivity contribution in [3.8, 4) is 0 Å². The molecular formula is C21H39NO3. The molecule has 0 spiro atoms. The van der Waals surface area contributed by atoms with Crippen molar-refractivity contribution >= 4 is 11.9 Å². The lowest BCUT2D eigenvalue weighted by Crippen LogP contribution is -2.39. The van der Waals surface area contributed by atoms with Gasteiger partial charge in [-0.15, -0.1) is 0 Å². The van der Waals surface area contributed by atoms with Crippen molar-refractivity contribution < 1.29 is 14.3 Å². The molecule has 0 bridgehead atoms. The Morgan fingerprint density at radius 2 is 1.60 bits per heavy atom. The van der Waals surface area contributed by atoms with Crippen molar-refractivity contribution in [2.75, 3.05) is 20.2 Å². The molecule has 0 heterocycles. The summed E-state index contributed by atoms with van der Waals surface area (Å²) in [6.07, 6.45) is 13.2. The number of rotatable bonds is 12. The van der Waals surface area contributed by atoms with Crippen molar-refractivity contribution in [3.05, 3.63) is 0 Å². The van der Waals surface area contributed by atoms with Crippen LogP contribution in [0, 0.1) is 11.8 Å². The van der Waals surface area contributed by atoms with Crippen molar-refractivity contribution in [2.24, 2.45) is 11.8 Å². The number of hydrogen-bond donors (Lipinski definition) is 0. The molecule has 25 heavy (non-hydrogen) atoms. The minimum atomic E-state index is -0.227. The molecule has 0 aromatic heterocycles. The maximum absolute atomic E-state index is 13.0. The summed E-state index contributed by atoms with van der Waals surface area (Å²) < 4.78 is 4.74. The molecule has 0 aromatic carbocycles. The first kappa shape index (κ1) is 22.0. The SMILES string of the molecule is CCCCCCN(CCC(=O)OC)C(=O)C1CCC(CCCC)CC1. The van der Waals surface area contributed by atoms with E-state index >= 15 is 0 Å². The molecule has 1 rings (SSSR count). The van der Waals surface area contributed by atoms with E-state index < -0.39 is 0 Å². The van der Waals surface area contributed by atoms with Gasteiger partial charge in [0.1, 0.15) is 0 Å². The van der Waals surface area contributed by atoms with Crippen molar-refractivity contribution in [1.82, 2.24) is 4.90 Å². The summed E-state index contributed by atoms with van der Waals surface area (Å²) in [6, 6.07) is 0. The normalized spacial score (nSPS) is 20.3. The van der Waals surface area contributed by atoms with E-state index in [9.17, 15) is 9.59 Å². The van der Waals surface area contributed by atoms with Gasteiger partial charge in [0.15, 0.2) is 0 Å². The Morgan fingerprint density at radius 1 is 0.920 bits per heavy atom. The first-order valence-corrected chi connectivity index (χ1v) is 10.5. The number of amides is 1. The van der Waals surface area contributed by atoms with Crippen LogP contribution in [0.1, 0.15) is 90.9 Å². The molecule has 1 amide bonds. The van der Waals surface area contributed by atoms with Crippen LogP contribution in [-0.2, 0) is 14.3 Å². The van der Waals surface area contributed by atoms with Crippen LogP contribution in [0.15, 0.2) is 0 Å². The minimum absolute atomic E-state index is 0.168. The molecule has 0 N–H and O–H groups in total. The molecule has 1 aliphatic carbocycles. The topological polar surface area (TPSA) is 46.6 Å². The van der Waals surface area contributed by atoms with Crippen molar-refractivity contribution in [1.29, 1.82) is 0 Å². The molecule has 1 saturated carbocycles. The Hall–Kier alpha value is -1.06. The van der Waals surface area contributed by atoms with Gasteiger partial charge in [-0.05, 0) is 38.0 Å². The Morgan fingerprint density at radius 3 is 2.20 bits per heavy atom. The van der Waals surface area contributed by atoms with Crippen molar-refractivity contribution in [2.45, 2.75) is 90.9 Å². The maximum Gasteiger partial charge on any atom is 0.307 e. The van der Waals surface area contributed by atoms with E-state index in [1.165, 1.54) is 52.1 Å². The highest BCUT2D eigenvalue weighted by Crippen LogP contribution is 2.33. The fourth-order valence-corrected chi connectivity index (χ4v) is 3.84. The largest absolute Gasteiger partial charge is 0.469 e. The third-order valence-electron chi connectivity index (χ3n) is 5.57. The fourth-order valence-electron chi connectivity index (χ4n) is 3.84. The predicted octanol–water partition coefficient (Wildman–Crippen LogP) is 4.96. The summed E-state index contributed by atoms with van der Waals surface area (Å²) in [5, 5.41) is 0. The smallest absolute Gasteiger partial charge is 0.307 e. The molecular weight excluding hydrogens is 314 g/mol. The zero-order valence-corrected chi connectivity index (χ0v) is 16.7. The molecule has 4 nitrogen and oxygen atoms in total. The minimum Gasteiger partial charge on any atom is -0.469 e. The Labute approximate surface area is 154 Å². The number of carbonyl (C=O) groups excluding carboxylic acids is 2. The first-order chi connectivity index (χ1) is 12.1. The highest BCUT2D eigenvalue weighted by atomic mass is 16.5. The van der Waals surface area contributed by atoms with Crippen LogP contribution < -0.4 is 0 Å². The molecule has 0 aliphatic heterocycles. The van der Waals surface area contributed by atoms with Gasteiger partial charge in [0, 0.05) is 19.0 Å². The zero-order chi connectivity index (χ0) is 18.5. The molecule has 1 fully saturated rings. The van der Waals surface area contributed by atoms with Crippen LogP contribution in [0.2, 0.25) is 0 Å². The predicted molar refractivity (Wildman–Crippen MR) is 102 cm³/mol. The van der Waals surface area contributed by atoms with Gasteiger partial charge in [-0.1, -0.05) is 52.4 Å². The van der Waals surface area contributed by atoms with Crippen LogP contribution in [0.25, 0.3) is 0 Å². The summed E-state index contributed by atoms with van der Waals surface area (Å²) in [5.74, 6) is 1.03. The fraction of sp³-hybridized carbons (Fsp3) is 0.905.